The molecule has 1 saturated heterocycles. The molecule has 5 nitrogen and oxygen atoms in total. The Morgan fingerprint density at radius 2 is 1.77 bits per heavy atom. The summed E-state index contributed by atoms with van der Waals surface area (Å²) in [4.78, 5) is 9.11. The van der Waals surface area contributed by atoms with E-state index in [1.54, 1.807) is 0 Å². The fourth-order valence-corrected chi connectivity index (χ4v) is 3.56. The van der Waals surface area contributed by atoms with Gasteiger partial charge in [-0.3, -0.25) is 4.90 Å². The molecule has 2 heterocycles. The number of hydrogen-bond acceptors (Lipinski definition) is 5. The van der Waals surface area contributed by atoms with E-state index in [2.05, 4.69) is 26.0 Å². The monoisotopic (exact) mass is 388 g/mol. The molecule has 0 spiro atoms. The standard InChI is InChI=1S/C19H18Cl2N4O/c20-15-5-3-4-14(12-15)19-22-18(26-23-19)13-24-8-10-25(11-9-24)17-7-2-1-6-16(17)21/h1-7,12H,8-11,13H2. The van der Waals surface area contributed by atoms with Crippen LogP contribution in [0.3, 0.4) is 0 Å². The molecule has 26 heavy (non-hydrogen) atoms. The number of rotatable bonds is 4. The van der Waals surface area contributed by atoms with Crippen LogP contribution in [-0.2, 0) is 6.54 Å². The molecule has 4 rings (SSSR count). The zero-order chi connectivity index (χ0) is 17.9. The highest BCUT2D eigenvalue weighted by Crippen LogP contribution is 2.26. The molecule has 0 unspecified atom stereocenters. The summed E-state index contributed by atoms with van der Waals surface area (Å²) in [6.07, 6.45) is 0. The Kier molecular flexibility index (Phi) is 5.11. The number of halogens is 2. The lowest BCUT2D eigenvalue weighted by atomic mass is 10.2. The summed E-state index contributed by atoms with van der Waals surface area (Å²) in [6.45, 7) is 4.31. The summed E-state index contributed by atoms with van der Waals surface area (Å²) in [7, 11) is 0. The molecule has 0 bridgehead atoms. The highest BCUT2D eigenvalue weighted by Gasteiger charge is 2.20. The van der Waals surface area contributed by atoms with Crippen molar-refractivity contribution in [1.29, 1.82) is 0 Å². The third-order valence-corrected chi connectivity index (χ3v) is 5.03. The van der Waals surface area contributed by atoms with Crippen molar-refractivity contribution in [2.75, 3.05) is 31.1 Å². The molecule has 0 aliphatic carbocycles. The molecule has 0 radical (unpaired) electrons. The van der Waals surface area contributed by atoms with Gasteiger partial charge in [0.2, 0.25) is 11.7 Å². The SMILES string of the molecule is Clc1cccc(-c2noc(CN3CCN(c4ccccc4Cl)CC3)n2)c1. The second-order valence-corrected chi connectivity index (χ2v) is 7.08. The molecule has 7 heteroatoms. The third kappa shape index (κ3) is 3.85. The second kappa shape index (κ2) is 7.66. The largest absolute Gasteiger partial charge is 0.368 e. The first-order valence-electron chi connectivity index (χ1n) is 8.49. The molecule has 0 N–H and O–H groups in total. The number of hydrogen-bond donors (Lipinski definition) is 0. The summed E-state index contributed by atoms with van der Waals surface area (Å²) in [5.74, 6) is 1.18. The van der Waals surface area contributed by atoms with Crippen LogP contribution in [0.15, 0.2) is 53.1 Å². The Hall–Kier alpha value is -2.08. The van der Waals surface area contributed by atoms with Gasteiger partial charge in [0.1, 0.15) is 0 Å². The number of para-hydroxylation sites is 1. The highest BCUT2D eigenvalue weighted by atomic mass is 35.5. The van der Waals surface area contributed by atoms with Crippen LogP contribution >= 0.6 is 23.2 Å². The molecule has 1 aliphatic heterocycles. The summed E-state index contributed by atoms with van der Waals surface area (Å²) < 4.78 is 5.41. The van der Waals surface area contributed by atoms with Gasteiger partial charge in [-0.25, -0.2) is 0 Å². The molecular weight excluding hydrogens is 371 g/mol. The van der Waals surface area contributed by atoms with Crippen LogP contribution in [0.4, 0.5) is 5.69 Å². The van der Waals surface area contributed by atoms with Crippen LogP contribution in [0.25, 0.3) is 11.4 Å². The van der Waals surface area contributed by atoms with Crippen LogP contribution in [-0.4, -0.2) is 41.2 Å². The molecule has 1 aliphatic rings. The summed E-state index contributed by atoms with van der Waals surface area (Å²) >= 11 is 12.3. The van der Waals surface area contributed by atoms with Crippen LogP contribution in [0.5, 0.6) is 0 Å². The number of nitrogens with zero attached hydrogens (tertiary/aromatic N) is 4. The topological polar surface area (TPSA) is 45.4 Å². The normalized spacial score (nSPS) is 15.4. The van der Waals surface area contributed by atoms with Crippen molar-refractivity contribution < 1.29 is 4.52 Å². The molecule has 2 aromatic carbocycles. The minimum Gasteiger partial charge on any atom is -0.368 e. The van der Waals surface area contributed by atoms with E-state index in [9.17, 15) is 0 Å². The van der Waals surface area contributed by atoms with E-state index < -0.39 is 0 Å². The maximum absolute atomic E-state index is 6.30. The summed E-state index contributed by atoms with van der Waals surface area (Å²) in [6, 6.07) is 15.4. The van der Waals surface area contributed by atoms with Gasteiger partial charge in [-0.2, -0.15) is 4.98 Å². The molecule has 1 fully saturated rings. The van der Waals surface area contributed by atoms with Gasteiger partial charge in [0.15, 0.2) is 0 Å². The average Bonchev–Trinajstić information content (AvgIpc) is 3.12. The van der Waals surface area contributed by atoms with Crippen LogP contribution < -0.4 is 4.90 Å². The van der Waals surface area contributed by atoms with E-state index >= 15 is 0 Å². The number of anilines is 1. The number of piperazine rings is 1. The van der Waals surface area contributed by atoms with E-state index in [1.165, 1.54) is 0 Å². The second-order valence-electron chi connectivity index (χ2n) is 6.24. The third-order valence-electron chi connectivity index (χ3n) is 4.48. The minimum absolute atomic E-state index is 0.567. The number of benzene rings is 2. The maximum Gasteiger partial charge on any atom is 0.241 e. The lowest BCUT2D eigenvalue weighted by molar-refractivity contribution is 0.215. The Morgan fingerprint density at radius 1 is 0.962 bits per heavy atom. The van der Waals surface area contributed by atoms with E-state index in [0.29, 0.717) is 23.3 Å². The summed E-state index contributed by atoms with van der Waals surface area (Å²) in [5.41, 5.74) is 1.95. The Morgan fingerprint density at radius 3 is 2.54 bits per heavy atom. The van der Waals surface area contributed by atoms with Gasteiger partial charge in [-0.05, 0) is 24.3 Å². The van der Waals surface area contributed by atoms with Gasteiger partial charge >= 0.3 is 0 Å². The van der Waals surface area contributed by atoms with Gasteiger partial charge in [-0.15, -0.1) is 0 Å². The molecule has 0 amide bonds. The van der Waals surface area contributed by atoms with Crippen LogP contribution in [0, 0.1) is 0 Å². The lowest BCUT2D eigenvalue weighted by Gasteiger charge is -2.35. The van der Waals surface area contributed by atoms with Gasteiger partial charge in [0.05, 0.1) is 17.3 Å². The fourth-order valence-electron chi connectivity index (χ4n) is 3.11. The predicted molar refractivity (Wildman–Crippen MR) is 104 cm³/mol. The molecular formula is C19H18Cl2N4O. The van der Waals surface area contributed by atoms with Crippen molar-refractivity contribution in [1.82, 2.24) is 15.0 Å². The van der Waals surface area contributed by atoms with E-state index in [4.69, 9.17) is 27.7 Å². The van der Waals surface area contributed by atoms with Crippen molar-refractivity contribution in [3.8, 4) is 11.4 Å². The molecule has 3 aromatic rings. The minimum atomic E-state index is 0.567. The summed E-state index contributed by atoms with van der Waals surface area (Å²) in [5, 5.41) is 5.52. The number of aromatic nitrogens is 2. The quantitative estimate of drug-likeness (QED) is 0.663. The van der Waals surface area contributed by atoms with E-state index in [0.717, 1.165) is 42.5 Å². The van der Waals surface area contributed by atoms with Gasteiger partial charge in [0.25, 0.3) is 0 Å². The first-order valence-corrected chi connectivity index (χ1v) is 9.25. The first kappa shape index (κ1) is 17.3. The van der Waals surface area contributed by atoms with Gasteiger partial charge in [-0.1, -0.05) is 52.6 Å². The zero-order valence-electron chi connectivity index (χ0n) is 14.1. The Balaban J connectivity index is 1.37. The first-order chi connectivity index (χ1) is 12.7. The van der Waals surface area contributed by atoms with Gasteiger partial charge < -0.3 is 9.42 Å². The Bertz CT molecular complexity index is 891. The predicted octanol–water partition coefficient (Wildman–Crippen LogP) is 4.37. The van der Waals surface area contributed by atoms with Crippen molar-refractivity contribution >= 4 is 28.9 Å². The van der Waals surface area contributed by atoms with Crippen LogP contribution in [0.1, 0.15) is 5.89 Å². The van der Waals surface area contributed by atoms with E-state index in [-0.39, 0.29) is 0 Å². The smallest absolute Gasteiger partial charge is 0.241 e. The molecule has 0 atom stereocenters. The van der Waals surface area contributed by atoms with Gasteiger partial charge in [0, 0.05) is 36.8 Å². The zero-order valence-corrected chi connectivity index (χ0v) is 15.6. The van der Waals surface area contributed by atoms with Crippen molar-refractivity contribution in [2.45, 2.75) is 6.54 Å². The van der Waals surface area contributed by atoms with Crippen molar-refractivity contribution in [3.05, 3.63) is 64.5 Å². The molecule has 134 valence electrons. The fraction of sp³-hybridized carbons (Fsp3) is 0.263. The molecule has 0 saturated carbocycles. The van der Waals surface area contributed by atoms with Crippen molar-refractivity contribution in [3.63, 3.8) is 0 Å². The average molecular weight is 389 g/mol. The molecule has 1 aromatic heterocycles. The Labute approximate surface area is 162 Å². The lowest BCUT2D eigenvalue weighted by Crippen LogP contribution is -2.46. The maximum atomic E-state index is 6.30. The van der Waals surface area contributed by atoms with Crippen LogP contribution in [0.2, 0.25) is 10.0 Å². The van der Waals surface area contributed by atoms with Crippen molar-refractivity contribution in [2.24, 2.45) is 0 Å². The highest BCUT2D eigenvalue weighted by molar-refractivity contribution is 6.33. The van der Waals surface area contributed by atoms with E-state index in [1.807, 2.05) is 42.5 Å².